The summed E-state index contributed by atoms with van der Waals surface area (Å²) in [5, 5.41) is 25.9. The number of aliphatic hydroxyl groups is 1. The fraction of sp³-hybridized carbons (Fsp3) is 0.500. The Morgan fingerprint density at radius 1 is 1.33 bits per heavy atom. The van der Waals surface area contributed by atoms with Crippen molar-refractivity contribution >= 4 is 22.8 Å². The molecule has 1 aliphatic rings. The Hall–Kier alpha value is -3.83. The molecule has 2 aromatic rings. The zero-order valence-electron chi connectivity index (χ0n) is 22.5. The molecule has 0 radical (unpaired) electrons. The van der Waals surface area contributed by atoms with Gasteiger partial charge in [0.1, 0.15) is 42.0 Å². The summed E-state index contributed by atoms with van der Waals surface area (Å²) in [7, 11) is 1.38. The predicted octanol–water partition coefficient (Wildman–Crippen LogP) is 2.12. The van der Waals surface area contributed by atoms with E-state index in [2.05, 4.69) is 11.1 Å². The van der Waals surface area contributed by atoms with Gasteiger partial charge in [-0.2, -0.15) is 5.48 Å². The van der Waals surface area contributed by atoms with Gasteiger partial charge in [0.2, 0.25) is 6.29 Å². The Labute approximate surface area is 224 Å². The SMILES string of the molecule is C#CCONC(=O)O[C@H]1[C@@H](O)[C@H](Oc2ccc3c(O)c(/C(C)=N/OCC)c(=O)oc3c2C)OC(C)(C)[C@@H]1OC. The number of aromatic hydroxyl groups is 1. The van der Waals surface area contributed by atoms with Gasteiger partial charge in [0.05, 0.1) is 16.7 Å². The highest BCUT2D eigenvalue weighted by Gasteiger charge is 2.53. The van der Waals surface area contributed by atoms with Gasteiger partial charge in [0, 0.05) is 12.7 Å². The molecule has 0 aliphatic carbocycles. The van der Waals surface area contributed by atoms with E-state index < -0.39 is 41.9 Å². The number of methoxy groups -OCH3 is 1. The average molecular weight is 549 g/mol. The van der Waals surface area contributed by atoms with Gasteiger partial charge in [-0.1, -0.05) is 11.1 Å². The van der Waals surface area contributed by atoms with Crippen LogP contribution in [0.25, 0.3) is 11.0 Å². The first kappa shape index (κ1) is 29.7. The highest BCUT2D eigenvalue weighted by Crippen LogP contribution is 2.37. The lowest BCUT2D eigenvalue weighted by Crippen LogP contribution is -2.65. The van der Waals surface area contributed by atoms with Gasteiger partial charge in [0.25, 0.3) is 0 Å². The molecule has 0 unspecified atom stereocenters. The first-order valence-electron chi connectivity index (χ1n) is 12.0. The summed E-state index contributed by atoms with van der Waals surface area (Å²) < 4.78 is 28.3. The molecule has 1 fully saturated rings. The molecular formula is C26H32N2O11. The third-order valence-electron chi connectivity index (χ3n) is 6.01. The summed E-state index contributed by atoms with van der Waals surface area (Å²) in [6, 6.07) is 2.99. The van der Waals surface area contributed by atoms with Crippen LogP contribution in [-0.4, -0.2) is 72.5 Å². The Kier molecular flexibility index (Phi) is 9.41. The van der Waals surface area contributed by atoms with E-state index in [1.165, 1.54) is 26.2 Å². The number of aliphatic hydroxyl groups excluding tert-OH is 1. The van der Waals surface area contributed by atoms with Crippen molar-refractivity contribution in [3.8, 4) is 23.8 Å². The fourth-order valence-corrected chi connectivity index (χ4v) is 4.24. The molecule has 0 bridgehead atoms. The van der Waals surface area contributed by atoms with Gasteiger partial charge >= 0.3 is 11.7 Å². The average Bonchev–Trinajstić information content (AvgIpc) is 2.87. The van der Waals surface area contributed by atoms with Crippen molar-refractivity contribution in [2.45, 2.75) is 64.8 Å². The highest BCUT2D eigenvalue weighted by atomic mass is 16.7. The van der Waals surface area contributed by atoms with E-state index in [0.717, 1.165) is 0 Å². The Balaban J connectivity index is 1.94. The number of hydrogen-bond acceptors (Lipinski definition) is 12. The summed E-state index contributed by atoms with van der Waals surface area (Å²) >= 11 is 0. The summed E-state index contributed by atoms with van der Waals surface area (Å²) in [5.41, 5.74) is 0.509. The van der Waals surface area contributed by atoms with E-state index in [0.29, 0.717) is 5.56 Å². The molecule has 212 valence electrons. The van der Waals surface area contributed by atoms with Crippen molar-refractivity contribution in [3.05, 3.63) is 33.7 Å². The van der Waals surface area contributed by atoms with Crippen LogP contribution in [0.15, 0.2) is 26.5 Å². The molecule has 1 amide bonds. The largest absolute Gasteiger partial charge is 0.506 e. The first-order chi connectivity index (χ1) is 18.5. The van der Waals surface area contributed by atoms with Crippen LogP contribution in [0, 0.1) is 19.3 Å². The number of carbonyl (C=O) groups is 1. The summed E-state index contributed by atoms with van der Waals surface area (Å²) in [6.45, 7) is 8.27. The normalized spacial score (nSPS) is 22.7. The summed E-state index contributed by atoms with van der Waals surface area (Å²) in [5.74, 6) is 2.03. The molecule has 1 aliphatic heterocycles. The summed E-state index contributed by atoms with van der Waals surface area (Å²) in [6.07, 6.45) is -0.911. The minimum Gasteiger partial charge on any atom is -0.506 e. The maximum Gasteiger partial charge on any atom is 0.431 e. The van der Waals surface area contributed by atoms with Crippen molar-refractivity contribution in [1.29, 1.82) is 0 Å². The number of oxime groups is 1. The number of hydrogen-bond donors (Lipinski definition) is 3. The number of benzene rings is 1. The van der Waals surface area contributed by atoms with E-state index in [-0.39, 0.29) is 47.0 Å². The number of rotatable bonds is 9. The fourth-order valence-electron chi connectivity index (χ4n) is 4.24. The van der Waals surface area contributed by atoms with E-state index in [9.17, 15) is 19.8 Å². The molecule has 13 nitrogen and oxygen atoms in total. The Morgan fingerprint density at radius 3 is 2.69 bits per heavy atom. The zero-order chi connectivity index (χ0) is 28.9. The molecule has 39 heavy (non-hydrogen) atoms. The van der Waals surface area contributed by atoms with E-state index in [4.69, 9.17) is 39.5 Å². The Bertz CT molecular complexity index is 1330. The van der Waals surface area contributed by atoms with Gasteiger partial charge in [-0.3, -0.25) is 4.84 Å². The molecule has 4 atom stereocenters. The van der Waals surface area contributed by atoms with E-state index in [1.807, 2.05) is 5.48 Å². The van der Waals surface area contributed by atoms with Crippen LogP contribution >= 0.6 is 0 Å². The molecule has 0 saturated carbocycles. The number of terminal acetylenes is 1. The second-order valence-electron chi connectivity index (χ2n) is 9.09. The predicted molar refractivity (Wildman–Crippen MR) is 137 cm³/mol. The van der Waals surface area contributed by atoms with Crippen LogP contribution < -0.4 is 15.8 Å². The minimum absolute atomic E-state index is 0.0557. The van der Waals surface area contributed by atoms with Gasteiger partial charge in [-0.15, -0.1) is 6.42 Å². The van der Waals surface area contributed by atoms with Crippen LogP contribution in [0.4, 0.5) is 4.79 Å². The van der Waals surface area contributed by atoms with Crippen LogP contribution in [0.5, 0.6) is 11.5 Å². The van der Waals surface area contributed by atoms with Crippen molar-refractivity contribution < 1.29 is 48.0 Å². The first-order valence-corrected chi connectivity index (χ1v) is 12.0. The van der Waals surface area contributed by atoms with Crippen molar-refractivity contribution in [2.24, 2.45) is 5.16 Å². The lowest BCUT2D eigenvalue weighted by Gasteiger charge is -2.47. The number of hydroxylamine groups is 1. The lowest BCUT2D eigenvalue weighted by atomic mass is 9.89. The molecule has 13 heteroatoms. The van der Waals surface area contributed by atoms with E-state index >= 15 is 0 Å². The van der Waals surface area contributed by atoms with Crippen molar-refractivity contribution in [2.75, 3.05) is 20.3 Å². The van der Waals surface area contributed by atoms with Crippen LogP contribution in [0.3, 0.4) is 0 Å². The molecule has 1 saturated heterocycles. The van der Waals surface area contributed by atoms with Gasteiger partial charge in [-0.05, 0) is 46.8 Å². The lowest BCUT2D eigenvalue weighted by molar-refractivity contribution is -0.305. The number of nitrogens with one attached hydrogen (secondary N) is 1. The summed E-state index contributed by atoms with van der Waals surface area (Å²) in [4.78, 5) is 34.7. The third-order valence-corrected chi connectivity index (χ3v) is 6.01. The van der Waals surface area contributed by atoms with Crippen molar-refractivity contribution in [3.63, 3.8) is 0 Å². The van der Waals surface area contributed by atoms with Gasteiger partial charge in [0.15, 0.2) is 12.2 Å². The molecular weight excluding hydrogens is 516 g/mol. The number of ether oxygens (including phenoxy) is 4. The number of nitrogens with zero attached hydrogens (tertiary/aromatic N) is 1. The molecule has 1 aromatic carbocycles. The zero-order valence-corrected chi connectivity index (χ0v) is 22.5. The maximum atomic E-state index is 12.7. The highest BCUT2D eigenvalue weighted by molar-refractivity contribution is 6.04. The smallest absolute Gasteiger partial charge is 0.431 e. The second-order valence-corrected chi connectivity index (χ2v) is 9.09. The number of fused-ring (bicyclic) bond motifs is 1. The quantitative estimate of drug-likeness (QED) is 0.138. The van der Waals surface area contributed by atoms with Gasteiger partial charge in [-0.25, -0.2) is 9.59 Å². The molecule has 1 aromatic heterocycles. The number of aryl methyl sites for hydroxylation is 1. The minimum atomic E-state index is -1.52. The topological polar surface area (TPSA) is 168 Å². The van der Waals surface area contributed by atoms with Crippen LogP contribution in [0.1, 0.15) is 38.8 Å². The molecule has 3 rings (SSSR count). The van der Waals surface area contributed by atoms with Crippen LogP contribution in [-0.2, 0) is 23.9 Å². The standard InChI is InChI=1S/C26H32N2O11/c1-8-12-35-28-25(32)38-21-19(30)24(39-26(5,6)22(21)33-7)36-16-11-10-15-18(29)17(14(4)27-34-9-2)23(31)37-20(15)13(16)3/h1,10-11,19,21-22,24,29-30H,9,12H2,2-7H3,(H,28,32)/b27-14+/t19-,21+,22-,24-/m1/s1. The number of amides is 1. The monoisotopic (exact) mass is 548 g/mol. The molecule has 0 spiro atoms. The molecule has 3 N–H and O–H groups in total. The number of carbonyl (C=O) groups excluding carboxylic acids is 1. The van der Waals surface area contributed by atoms with Crippen molar-refractivity contribution in [1.82, 2.24) is 5.48 Å². The van der Waals surface area contributed by atoms with Gasteiger partial charge < -0.3 is 38.4 Å². The maximum absolute atomic E-state index is 12.7. The van der Waals surface area contributed by atoms with E-state index in [1.54, 1.807) is 27.7 Å². The van der Waals surface area contributed by atoms with Crippen LogP contribution in [0.2, 0.25) is 0 Å². The Morgan fingerprint density at radius 2 is 2.05 bits per heavy atom. The second kappa shape index (κ2) is 12.4. The third kappa shape index (κ3) is 6.26. The molecule has 2 heterocycles.